The number of hydrogen-bond acceptors (Lipinski definition) is 4. The number of ether oxygens (including phenoxy) is 1. The van der Waals surface area contributed by atoms with Crippen LogP contribution in [0, 0.1) is 6.42 Å². The predicted octanol–water partition coefficient (Wildman–Crippen LogP) is -1.10. The maximum absolute atomic E-state index is 10.3. The van der Waals surface area contributed by atoms with E-state index in [0.29, 0.717) is 6.29 Å². The van der Waals surface area contributed by atoms with Crippen LogP contribution in [-0.4, -0.2) is 40.9 Å². The van der Waals surface area contributed by atoms with Gasteiger partial charge in [-0.05, 0) is 6.10 Å². The van der Waals surface area contributed by atoms with E-state index in [1.54, 1.807) is 6.92 Å². The Kier molecular flexibility index (Phi) is 5.69. The summed E-state index contributed by atoms with van der Waals surface area (Å²) in [5.74, 6) is 0. The van der Waals surface area contributed by atoms with E-state index in [0.717, 1.165) is 0 Å². The van der Waals surface area contributed by atoms with Gasteiger partial charge in [0.2, 0.25) is 0 Å². The normalized spacial score (nSPS) is 41.6. The second kappa shape index (κ2) is 5.40. The first kappa shape index (κ1) is 12.7. The molecule has 1 aliphatic rings. The molecule has 2 N–H and O–H groups in total. The topological polar surface area (TPSA) is 66.8 Å². The second-order valence-corrected chi connectivity index (χ2v) is 2.62. The van der Waals surface area contributed by atoms with Crippen molar-refractivity contribution >= 4 is 6.29 Å². The first-order valence-electron chi connectivity index (χ1n) is 3.47. The Morgan fingerprint density at radius 2 is 2.08 bits per heavy atom. The predicted molar refractivity (Wildman–Crippen MR) is 36.7 cm³/mol. The fraction of sp³-hybridized carbons (Fsp3) is 0.714. The number of carbonyl (C=O) groups excluding carboxylic acids is 1. The Balaban J connectivity index is 0.00000121. The molecule has 0 bridgehead atoms. The van der Waals surface area contributed by atoms with Gasteiger partial charge < -0.3 is 19.7 Å². The van der Waals surface area contributed by atoms with Gasteiger partial charge in [-0.25, -0.2) is 0 Å². The first-order valence-corrected chi connectivity index (χ1v) is 3.47. The summed E-state index contributed by atoms with van der Waals surface area (Å²) in [4.78, 5) is 10.3. The monoisotopic (exact) mass is 248 g/mol. The van der Waals surface area contributed by atoms with Crippen LogP contribution in [0.5, 0.6) is 0 Å². The van der Waals surface area contributed by atoms with E-state index in [4.69, 9.17) is 14.9 Å². The molecule has 1 fully saturated rings. The summed E-state index contributed by atoms with van der Waals surface area (Å²) in [6.07, 6.45) is -1.33. The Morgan fingerprint density at radius 1 is 1.50 bits per heavy atom. The van der Waals surface area contributed by atoms with Gasteiger partial charge in [-0.15, -0.1) is 0 Å². The van der Waals surface area contributed by atoms with Crippen LogP contribution in [0.3, 0.4) is 0 Å². The van der Waals surface area contributed by atoms with Gasteiger partial charge in [0.25, 0.3) is 0 Å². The van der Waals surface area contributed by atoms with Crippen molar-refractivity contribution in [2.75, 3.05) is 0 Å². The van der Waals surface area contributed by atoms with Crippen LogP contribution in [0.4, 0.5) is 0 Å². The number of aliphatic hydroxyl groups excluding tert-OH is 2. The smallest absolute Gasteiger partial charge is 0.151 e. The third-order valence-electron chi connectivity index (χ3n) is 1.66. The summed E-state index contributed by atoms with van der Waals surface area (Å²) in [6, 6.07) is 0. The van der Waals surface area contributed by atoms with E-state index >= 15 is 0 Å². The van der Waals surface area contributed by atoms with E-state index in [1.165, 1.54) is 6.42 Å². The summed E-state index contributed by atoms with van der Waals surface area (Å²) in [5, 5.41) is 18.2. The molecule has 4 atom stereocenters. The zero-order chi connectivity index (χ0) is 8.43. The molecule has 1 unspecified atom stereocenters. The van der Waals surface area contributed by atoms with Crippen molar-refractivity contribution in [3.05, 3.63) is 6.42 Å². The van der Waals surface area contributed by atoms with E-state index < -0.39 is 18.3 Å². The molecule has 0 amide bonds. The van der Waals surface area contributed by atoms with Crippen LogP contribution in [-0.2, 0) is 42.2 Å². The molecule has 0 aromatic heterocycles. The average molecular weight is 248 g/mol. The van der Waals surface area contributed by atoms with Crippen LogP contribution >= 0.6 is 0 Å². The molecule has 1 heterocycles. The van der Waals surface area contributed by atoms with Gasteiger partial charge in [0.1, 0.15) is 6.10 Å². The van der Waals surface area contributed by atoms with E-state index in [2.05, 4.69) is 0 Å². The van der Waals surface area contributed by atoms with E-state index in [9.17, 15) is 4.79 Å². The van der Waals surface area contributed by atoms with Gasteiger partial charge in [-0.3, -0.25) is 6.42 Å². The largest absolute Gasteiger partial charge is 0.422 e. The fourth-order valence-electron chi connectivity index (χ4n) is 1.07. The van der Waals surface area contributed by atoms with Crippen LogP contribution in [0.2, 0.25) is 0 Å². The minimum atomic E-state index is -1.12. The number of aliphatic hydroxyl groups is 2. The van der Waals surface area contributed by atoms with Crippen molar-refractivity contribution < 1.29 is 52.5 Å². The van der Waals surface area contributed by atoms with Crippen LogP contribution in [0.25, 0.3) is 0 Å². The van der Waals surface area contributed by atoms with Crippen molar-refractivity contribution in [2.24, 2.45) is 0 Å². The van der Waals surface area contributed by atoms with Gasteiger partial charge in [0.15, 0.2) is 6.29 Å². The van der Waals surface area contributed by atoms with Gasteiger partial charge in [0, 0.05) is 32.7 Å². The quantitative estimate of drug-likeness (QED) is 0.456. The maximum atomic E-state index is 10.3. The molecule has 1 saturated heterocycles. The summed E-state index contributed by atoms with van der Waals surface area (Å²) >= 11 is 0. The third-order valence-corrected chi connectivity index (χ3v) is 1.66. The molecular formula is C7H11O4Y-. The van der Waals surface area contributed by atoms with Crippen molar-refractivity contribution in [1.29, 1.82) is 0 Å². The molecule has 0 spiro atoms. The number of carbonyl (C=O) groups is 1. The maximum Gasteiger partial charge on any atom is 0.151 e. The minimum Gasteiger partial charge on any atom is -0.422 e. The zero-order valence-electron chi connectivity index (χ0n) is 6.75. The Labute approximate surface area is 96.2 Å². The molecular weight excluding hydrogens is 237 g/mol. The molecule has 5 heteroatoms. The van der Waals surface area contributed by atoms with E-state index in [-0.39, 0.29) is 38.8 Å². The third kappa shape index (κ3) is 2.85. The Morgan fingerprint density at radius 3 is 2.58 bits per heavy atom. The summed E-state index contributed by atoms with van der Waals surface area (Å²) in [7, 11) is 0. The van der Waals surface area contributed by atoms with Crippen molar-refractivity contribution in [3.8, 4) is 0 Å². The molecule has 0 aromatic rings. The number of aldehydes is 1. The molecule has 0 aliphatic carbocycles. The molecule has 1 radical (unpaired) electrons. The van der Waals surface area contributed by atoms with Crippen molar-refractivity contribution in [2.45, 2.75) is 31.3 Å². The fourth-order valence-corrected chi connectivity index (χ4v) is 1.07. The molecule has 67 valence electrons. The zero-order valence-corrected chi connectivity index (χ0v) is 9.59. The molecule has 0 saturated carbocycles. The van der Waals surface area contributed by atoms with Gasteiger partial charge >= 0.3 is 0 Å². The SMILES string of the molecule is CC1[CH-][C@@H](O)[C@@H](O)[C@@H](C=O)O1.[Y]. The van der Waals surface area contributed by atoms with Crippen LogP contribution in [0.1, 0.15) is 6.92 Å². The van der Waals surface area contributed by atoms with Crippen molar-refractivity contribution in [1.82, 2.24) is 0 Å². The molecule has 0 aromatic carbocycles. The Bertz CT molecular complexity index is 152. The van der Waals surface area contributed by atoms with Crippen LogP contribution < -0.4 is 0 Å². The van der Waals surface area contributed by atoms with E-state index in [1.807, 2.05) is 0 Å². The number of hydrogen-bond donors (Lipinski definition) is 2. The molecule has 1 rings (SSSR count). The van der Waals surface area contributed by atoms with Gasteiger partial charge in [-0.1, -0.05) is 13.0 Å². The van der Waals surface area contributed by atoms with Gasteiger partial charge in [0.05, 0.1) is 6.10 Å². The van der Waals surface area contributed by atoms with Crippen molar-refractivity contribution in [3.63, 3.8) is 0 Å². The number of rotatable bonds is 1. The summed E-state index contributed by atoms with van der Waals surface area (Å²) < 4.78 is 4.98. The average Bonchev–Trinajstić information content (AvgIpc) is 1.96. The van der Waals surface area contributed by atoms with Crippen LogP contribution in [0.15, 0.2) is 0 Å². The first-order chi connectivity index (χ1) is 5.15. The minimum absolute atomic E-state index is 0. The summed E-state index contributed by atoms with van der Waals surface area (Å²) in [6.45, 7) is 1.70. The molecule has 4 nitrogen and oxygen atoms in total. The molecule has 12 heavy (non-hydrogen) atoms. The standard InChI is InChI=1S/C7H11O4.Y/c1-4-2-5(9)7(10)6(3-8)11-4;/h2-7,9-10H,1H3;/q-1;/t4?,5-,6-,7-;/m1./s1. The summed E-state index contributed by atoms with van der Waals surface area (Å²) in [5.41, 5.74) is 0. The molecule has 1 aliphatic heterocycles. The van der Waals surface area contributed by atoms with Gasteiger partial charge in [-0.2, -0.15) is 0 Å². The Hall–Kier alpha value is 0.654. The second-order valence-electron chi connectivity index (χ2n) is 2.62.